The van der Waals surface area contributed by atoms with Gasteiger partial charge in [-0.15, -0.1) is 0 Å². The van der Waals surface area contributed by atoms with Crippen molar-refractivity contribution in [3.05, 3.63) is 0 Å². The topological polar surface area (TPSA) is 128 Å². The molecule has 8 heteroatoms. The second-order valence-corrected chi connectivity index (χ2v) is 8.38. The molecule has 0 aromatic heterocycles. The average Bonchev–Trinajstić information content (AvgIpc) is 2.69. The van der Waals surface area contributed by atoms with Crippen LogP contribution in [0.1, 0.15) is 110 Å². The van der Waals surface area contributed by atoms with E-state index in [1.54, 1.807) is 6.92 Å². The summed E-state index contributed by atoms with van der Waals surface area (Å²) >= 11 is 0. The number of hydrogen-bond donors (Lipinski definition) is 3. The zero-order valence-electron chi connectivity index (χ0n) is 19.1. The second-order valence-electron chi connectivity index (χ2n) is 7.10. The molecular weight excluding hydrogens is 394 g/mol. The fourth-order valence-corrected chi connectivity index (χ4v) is 3.38. The van der Waals surface area contributed by atoms with Crippen LogP contribution in [-0.2, 0) is 18.8 Å². The SMILES string of the molecule is CCCCCCCCCCCCCCCCO.CCCOS(=O)(=O)OCCO.N. The van der Waals surface area contributed by atoms with Gasteiger partial charge in [-0.2, -0.15) is 8.42 Å². The van der Waals surface area contributed by atoms with E-state index in [-0.39, 0.29) is 26.0 Å². The molecule has 180 valence electrons. The summed E-state index contributed by atoms with van der Waals surface area (Å²) in [6, 6.07) is 0. The van der Waals surface area contributed by atoms with Crippen LogP contribution in [0.5, 0.6) is 0 Å². The van der Waals surface area contributed by atoms with E-state index in [4.69, 9.17) is 10.2 Å². The van der Waals surface area contributed by atoms with E-state index in [1.165, 1.54) is 83.5 Å². The van der Waals surface area contributed by atoms with Crippen molar-refractivity contribution in [1.82, 2.24) is 6.15 Å². The Morgan fingerprint density at radius 3 is 1.28 bits per heavy atom. The van der Waals surface area contributed by atoms with Gasteiger partial charge in [0.2, 0.25) is 0 Å². The summed E-state index contributed by atoms with van der Waals surface area (Å²) in [5.41, 5.74) is 0. The maximum Gasteiger partial charge on any atom is 0.399 e. The highest BCUT2D eigenvalue weighted by atomic mass is 32.3. The highest BCUT2D eigenvalue weighted by Crippen LogP contribution is 2.12. The van der Waals surface area contributed by atoms with Gasteiger partial charge < -0.3 is 16.4 Å². The molecule has 0 spiro atoms. The van der Waals surface area contributed by atoms with Gasteiger partial charge in [0.15, 0.2) is 0 Å². The van der Waals surface area contributed by atoms with Crippen molar-refractivity contribution in [2.75, 3.05) is 26.4 Å². The maximum atomic E-state index is 10.6. The lowest BCUT2D eigenvalue weighted by Gasteiger charge is -2.02. The first-order valence-corrected chi connectivity index (χ1v) is 12.6. The maximum absolute atomic E-state index is 10.6. The molecule has 0 rings (SSSR count). The largest absolute Gasteiger partial charge is 0.399 e. The molecule has 0 fully saturated rings. The monoisotopic (exact) mass is 443 g/mol. The third-order valence-corrected chi connectivity index (χ3v) is 5.17. The number of unbranched alkanes of at least 4 members (excludes halogenated alkanes) is 13. The van der Waals surface area contributed by atoms with Gasteiger partial charge >= 0.3 is 10.4 Å². The van der Waals surface area contributed by atoms with Crippen molar-refractivity contribution in [2.45, 2.75) is 110 Å². The summed E-state index contributed by atoms with van der Waals surface area (Å²) in [4.78, 5) is 0. The number of aliphatic hydroxyl groups is 2. The van der Waals surface area contributed by atoms with Crippen LogP contribution in [0.2, 0.25) is 0 Å². The van der Waals surface area contributed by atoms with Crippen molar-refractivity contribution in [2.24, 2.45) is 0 Å². The molecule has 0 unspecified atom stereocenters. The number of aliphatic hydroxyl groups excluding tert-OH is 2. The van der Waals surface area contributed by atoms with Crippen LogP contribution in [0.15, 0.2) is 0 Å². The molecule has 0 aliphatic rings. The summed E-state index contributed by atoms with van der Waals surface area (Å²) < 4.78 is 29.7. The minimum Gasteiger partial charge on any atom is -0.396 e. The molecular formula is C21H49NO6S. The molecule has 5 N–H and O–H groups in total. The Labute approximate surface area is 180 Å². The minimum atomic E-state index is -3.87. The average molecular weight is 444 g/mol. The Morgan fingerprint density at radius 1 is 0.552 bits per heavy atom. The predicted octanol–water partition coefficient (Wildman–Crippen LogP) is 5.29. The Bertz CT molecular complexity index is 351. The fourth-order valence-electron chi connectivity index (χ4n) is 2.67. The van der Waals surface area contributed by atoms with E-state index in [1.807, 2.05) is 0 Å². The van der Waals surface area contributed by atoms with Crippen molar-refractivity contribution < 1.29 is 27.0 Å². The molecule has 0 aliphatic heterocycles. The van der Waals surface area contributed by atoms with Gasteiger partial charge in [-0.05, 0) is 12.8 Å². The molecule has 29 heavy (non-hydrogen) atoms. The summed E-state index contributed by atoms with van der Waals surface area (Å²) in [5, 5.41) is 16.9. The third-order valence-electron chi connectivity index (χ3n) is 4.26. The van der Waals surface area contributed by atoms with Crippen LogP contribution < -0.4 is 6.15 Å². The molecule has 0 aromatic rings. The molecule has 0 atom stereocenters. The summed E-state index contributed by atoms with van der Waals surface area (Å²) in [6.45, 7) is 3.94. The first-order chi connectivity index (χ1) is 13.5. The van der Waals surface area contributed by atoms with E-state index >= 15 is 0 Å². The number of hydrogen-bond acceptors (Lipinski definition) is 7. The predicted molar refractivity (Wildman–Crippen MR) is 121 cm³/mol. The van der Waals surface area contributed by atoms with E-state index < -0.39 is 10.4 Å². The van der Waals surface area contributed by atoms with Crippen molar-refractivity contribution in [3.8, 4) is 0 Å². The zero-order valence-corrected chi connectivity index (χ0v) is 19.9. The van der Waals surface area contributed by atoms with E-state index in [2.05, 4.69) is 15.3 Å². The van der Waals surface area contributed by atoms with Crippen LogP contribution in [0.4, 0.5) is 0 Å². The van der Waals surface area contributed by atoms with E-state index in [0.29, 0.717) is 13.0 Å². The molecule has 0 aliphatic carbocycles. The first kappa shape index (κ1) is 33.4. The standard InChI is InChI=1S/C16H34O.C5H12O5S.H3N/c1-2-3-4-5-6-7-8-9-10-11-12-13-14-15-16-17;1-2-4-9-11(7,8)10-5-3-6;/h17H,2-16H2,1H3;6H,2-5H2,1H3;1H3. The molecule has 0 amide bonds. The van der Waals surface area contributed by atoms with E-state index in [0.717, 1.165) is 6.42 Å². The molecule has 0 saturated carbocycles. The zero-order chi connectivity index (χ0) is 21.3. The van der Waals surface area contributed by atoms with Gasteiger partial charge in [0.25, 0.3) is 0 Å². The van der Waals surface area contributed by atoms with Gasteiger partial charge in [0.1, 0.15) is 0 Å². The molecule has 0 bridgehead atoms. The first-order valence-electron chi connectivity index (χ1n) is 11.3. The van der Waals surface area contributed by atoms with Gasteiger partial charge in [-0.3, -0.25) is 0 Å². The smallest absolute Gasteiger partial charge is 0.396 e. The molecule has 7 nitrogen and oxygen atoms in total. The lowest BCUT2D eigenvalue weighted by Crippen LogP contribution is -2.13. The van der Waals surface area contributed by atoms with Crippen LogP contribution in [-0.4, -0.2) is 45.1 Å². The van der Waals surface area contributed by atoms with Crippen LogP contribution in [0, 0.1) is 0 Å². The van der Waals surface area contributed by atoms with Crippen LogP contribution in [0.3, 0.4) is 0 Å². The minimum absolute atomic E-state index is 0. The Kier molecular flexibility index (Phi) is 32.0. The molecule has 0 saturated heterocycles. The van der Waals surface area contributed by atoms with Gasteiger partial charge in [-0.25, -0.2) is 8.37 Å². The summed E-state index contributed by atoms with van der Waals surface area (Å²) in [6.07, 6.45) is 19.8. The summed E-state index contributed by atoms with van der Waals surface area (Å²) in [5.74, 6) is 0. The van der Waals surface area contributed by atoms with Crippen LogP contribution in [0.25, 0.3) is 0 Å². The lowest BCUT2D eigenvalue weighted by molar-refractivity contribution is 0.168. The number of rotatable bonds is 20. The fraction of sp³-hybridized carbons (Fsp3) is 1.00. The third kappa shape index (κ3) is 32.6. The van der Waals surface area contributed by atoms with Crippen molar-refractivity contribution in [3.63, 3.8) is 0 Å². The highest BCUT2D eigenvalue weighted by Gasteiger charge is 2.09. The van der Waals surface area contributed by atoms with Crippen molar-refractivity contribution >= 4 is 10.4 Å². The van der Waals surface area contributed by atoms with E-state index in [9.17, 15) is 8.42 Å². The molecule has 0 heterocycles. The van der Waals surface area contributed by atoms with Crippen LogP contribution >= 0.6 is 0 Å². The Hall–Kier alpha value is -0.250. The highest BCUT2D eigenvalue weighted by molar-refractivity contribution is 7.81. The normalized spacial score (nSPS) is 10.9. The summed E-state index contributed by atoms with van der Waals surface area (Å²) in [7, 11) is -3.87. The Balaban J connectivity index is -0.000000491. The van der Waals surface area contributed by atoms with Gasteiger partial charge in [0, 0.05) is 6.61 Å². The Morgan fingerprint density at radius 2 is 0.931 bits per heavy atom. The van der Waals surface area contributed by atoms with Gasteiger partial charge in [0.05, 0.1) is 19.8 Å². The van der Waals surface area contributed by atoms with Gasteiger partial charge in [-0.1, -0.05) is 97.3 Å². The molecule has 0 radical (unpaired) electrons. The lowest BCUT2D eigenvalue weighted by atomic mass is 10.0. The quantitative estimate of drug-likeness (QED) is 0.218. The second kappa shape index (κ2) is 27.8. The molecule has 0 aromatic carbocycles. The van der Waals surface area contributed by atoms with Crippen molar-refractivity contribution in [1.29, 1.82) is 0 Å².